The van der Waals surface area contributed by atoms with Gasteiger partial charge in [-0.15, -0.1) is 0 Å². The van der Waals surface area contributed by atoms with Crippen molar-refractivity contribution in [3.8, 4) is 0 Å². The van der Waals surface area contributed by atoms with Gasteiger partial charge in [-0.1, -0.05) is 54.1 Å². The number of para-hydroxylation sites is 1. The number of aldehydes is 1. The largest absolute Gasteiger partial charge is 0.296 e. The zero-order valence-corrected chi connectivity index (χ0v) is 10.8. The summed E-state index contributed by atoms with van der Waals surface area (Å²) in [4.78, 5) is 11.1. The standard InChI is InChI=1S/C15H11ClN2O/c16-13-8-4-7-12-14(10-19)17-18(15(12)13)9-11-5-2-1-3-6-11/h1-8,10H,9H2. The van der Waals surface area contributed by atoms with Gasteiger partial charge in [0.2, 0.25) is 0 Å². The van der Waals surface area contributed by atoms with Gasteiger partial charge in [0.25, 0.3) is 0 Å². The second-order valence-corrected chi connectivity index (χ2v) is 4.69. The number of rotatable bonds is 3. The van der Waals surface area contributed by atoms with Crippen LogP contribution in [0.3, 0.4) is 0 Å². The van der Waals surface area contributed by atoms with E-state index in [1.807, 2.05) is 48.5 Å². The molecular weight excluding hydrogens is 260 g/mol. The lowest BCUT2D eigenvalue weighted by atomic mass is 10.2. The summed E-state index contributed by atoms with van der Waals surface area (Å²) in [6.45, 7) is 0.592. The van der Waals surface area contributed by atoms with Crippen LogP contribution in [0.4, 0.5) is 0 Å². The fraction of sp³-hybridized carbons (Fsp3) is 0.0667. The van der Waals surface area contributed by atoms with Crippen LogP contribution < -0.4 is 0 Å². The molecule has 3 nitrogen and oxygen atoms in total. The molecule has 0 amide bonds. The van der Waals surface area contributed by atoms with Crippen molar-refractivity contribution in [2.75, 3.05) is 0 Å². The minimum absolute atomic E-state index is 0.424. The Hall–Kier alpha value is -2.13. The van der Waals surface area contributed by atoms with Crippen LogP contribution >= 0.6 is 11.6 Å². The Bertz CT molecular complexity index is 734. The number of nitrogens with zero attached hydrogens (tertiary/aromatic N) is 2. The fourth-order valence-electron chi connectivity index (χ4n) is 2.18. The minimum Gasteiger partial charge on any atom is -0.296 e. The van der Waals surface area contributed by atoms with Crippen molar-refractivity contribution < 1.29 is 4.79 Å². The molecule has 1 heterocycles. The van der Waals surface area contributed by atoms with Gasteiger partial charge >= 0.3 is 0 Å². The van der Waals surface area contributed by atoms with Gasteiger partial charge in [0.05, 0.1) is 17.1 Å². The smallest absolute Gasteiger partial charge is 0.170 e. The molecule has 4 heteroatoms. The van der Waals surface area contributed by atoms with Crippen LogP contribution in [-0.2, 0) is 6.54 Å². The molecule has 0 saturated carbocycles. The van der Waals surface area contributed by atoms with Crippen LogP contribution in [0.1, 0.15) is 16.1 Å². The number of halogens is 1. The molecule has 3 aromatic rings. The molecule has 0 atom stereocenters. The number of carbonyl (C=O) groups is 1. The number of aromatic nitrogens is 2. The van der Waals surface area contributed by atoms with Crippen LogP contribution in [0.2, 0.25) is 5.02 Å². The monoisotopic (exact) mass is 270 g/mol. The van der Waals surface area contributed by atoms with Crippen LogP contribution in [0.5, 0.6) is 0 Å². The molecule has 3 rings (SSSR count). The molecule has 0 aliphatic carbocycles. The SMILES string of the molecule is O=Cc1nn(Cc2ccccc2)c2c(Cl)cccc12. The highest BCUT2D eigenvalue weighted by atomic mass is 35.5. The number of benzene rings is 2. The van der Waals surface area contributed by atoms with Gasteiger partial charge in [-0.3, -0.25) is 9.48 Å². The van der Waals surface area contributed by atoms with Gasteiger partial charge in [0.15, 0.2) is 6.29 Å². The molecule has 0 unspecified atom stereocenters. The predicted octanol–water partition coefficient (Wildman–Crippen LogP) is 3.55. The van der Waals surface area contributed by atoms with Gasteiger partial charge in [-0.2, -0.15) is 5.10 Å². The number of fused-ring (bicyclic) bond motifs is 1. The van der Waals surface area contributed by atoms with E-state index in [2.05, 4.69) is 5.10 Å². The molecule has 0 radical (unpaired) electrons. The maximum absolute atomic E-state index is 11.1. The molecule has 0 spiro atoms. The first kappa shape index (κ1) is 11.9. The average molecular weight is 271 g/mol. The Morgan fingerprint density at radius 2 is 1.89 bits per heavy atom. The lowest BCUT2D eigenvalue weighted by molar-refractivity contribution is 0.111. The first-order valence-corrected chi connectivity index (χ1v) is 6.31. The van der Waals surface area contributed by atoms with Crippen molar-refractivity contribution in [1.82, 2.24) is 9.78 Å². The van der Waals surface area contributed by atoms with Crippen LogP contribution in [-0.4, -0.2) is 16.1 Å². The second kappa shape index (κ2) is 4.86. The highest BCUT2D eigenvalue weighted by Crippen LogP contribution is 2.26. The molecule has 0 N–H and O–H groups in total. The minimum atomic E-state index is 0.424. The fourth-order valence-corrected chi connectivity index (χ4v) is 2.45. The Morgan fingerprint density at radius 3 is 2.63 bits per heavy atom. The summed E-state index contributed by atoms with van der Waals surface area (Å²) in [6, 6.07) is 15.4. The molecule has 0 aliphatic heterocycles. The van der Waals surface area contributed by atoms with Crippen LogP contribution in [0, 0.1) is 0 Å². The highest BCUT2D eigenvalue weighted by Gasteiger charge is 2.12. The zero-order chi connectivity index (χ0) is 13.2. The Kier molecular flexibility index (Phi) is 3.05. The van der Waals surface area contributed by atoms with Crippen molar-refractivity contribution in [2.45, 2.75) is 6.54 Å². The second-order valence-electron chi connectivity index (χ2n) is 4.28. The molecule has 1 aromatic heterocycles. The lowest BCUT2D eigenvalue weighted by Gasteiger charge is -2.04. The summed E-state index contributed by atoms with van der Waals surface area (Å²) in [7, 11) is 0. The first-order chi connectivity index (χ1) is 9.29. The van der Waals surface area contributed by atoms with Gasteiger partial charge in [-0.25, -0.2) is 0 Å². The topological polar surface area (TPSA) is 34.9 Å². The van der Waals surface area contributed by atoms with E-state index >= 15 is 0 Å². The Balaban J connectivity index is 2.16. The van der Waals surface area contributed by atoms with Crippen LogP contribution in [0.15, 0.2) is 48.5 Å². The zero-order valence-electron chi connectivity index (χ0n) is 10.1. The Labute approximate surface area is 115 Å². The van der Waals surface area contributed by atoms with Gasteiger partial charge in [0.1, 0.15) is 5.69 Å². The van der Waals surface area contributed by atoms with E-state index in [0.29, 0.717) is 17.3 Å². The quantitative estimate of drug-likeness (QED) is 0.682. The molecule has 0 fully saturated rings. The number of hydrogen-bond acceptors (Lipinski definition) is 2. The number of carbonyl (C=O) groups excluding carboxylic acids is 1. The van der Waals surface area contributed by atoms with Gasteiger partial charge in [-0.05, 0) is 11.6 Å². The summed E-state index contributed by atoms with van der Waals surface area (Å²) in [5.41, 5.74) is 2.34. The maximum atomic E-state index is 11.1. The van der Waals surface area contributed by atoms with E-state index < -0.39 is 0 Å². The van der Waals surface area contributed by atoms with E-state index in [1.165, 1.54) is 0 Å². The average Bonchev–Trinajstić information content (AvgIpc) is 2.79. The molecule has 94 valence electrons. The van der Waals surface area contributed by atoms with Gasteiger partial charge in [0, 0.05) is 5.39 Å². The third-order valence-corrected chi connectivity index (χ3v) is 3.34. The lowest BCUT2D eigenvalue weighted by Crippen LogP contribution is -2.02. The molecule has 0 aliphatic rings. The van der Waals surface area contributed by atoms with E-state index in [4.69, 9.17) is 11.6 Å². The summed E-state index contributed by atoms with van der Waals surface area (Å²) in [5, 5.41) is 5.72. The summed E-state index contributed by atoms with van der Waals surface area (Å²) >= 11 is 6.22. The molecule has 2 aromatic carbocycles. The maximum Gasteiger partial charge on any atom is 0.170 e. The van der Waals surface area contributed by atoms with E-state index in [9.17, 15) is 4.79 Å². The summed E-state index contributed by atoms with van der Waals surface area (Å²) in [5.74, 6) is 0. The summed E-state index contributed by atoms with van der Waals surface area (Å²) < 4.78 is 1.77. The highest BCUT2D eigenvalue weighted by molar-refractivity contribution is 6.35. The first-order valence-electron chi connectivity index (χ1n) is 5.94. The normalized spacial score (nSPS) is 10.8. The van der Waals surface area contributed by atoms with Crippen molar-refractivity contribution in [3.05, 3.63) is 64.8 Å². The molecule has 0 bridgehead atoms. The van der Waals surface area contributed by atoms with Crippen molar-refractivity contribution in [3.63, 3.8) is 0 Å². The Morgan fingerprint density at radius 1 is 1.11 bits per heavy atom. The molecular formula is C15H11ClN2O. The predicted molar refractivity (Wildman–Crippen MR) is 75.7 cm³/mol. The van der Waals surface area contributed by atoms with Gasteiger partial charge < -0.3 is 0 Å². The third kappa shape index (κ3) is 2.13. The van der Waals surface area contributed by atoms with Crippen molar-refractivity contribution in [1.29, 1.82) is 0 Å². The van der Waals surface area contributed by atoms with E-state index in [-0.39, 0.29) is 0 Å². The van der Waals surface area contributed by atoms with E-state index in [1.54, 1.807) is 4.68 Å². The van der Waals surface area contributed by atoms with Crippen LogP contribution in [0.25, 0.3) is 10.9 Å². The van der Waals surface area contributed by atoms with Crippen molar-refractivity contribution in [2.24, 2.45) is 0 Å². The van der Waals surface area contributed by atoms with Crippen molar-refractivity contribution >= 4 is 28.8 Å². The van der Waals surface area contributed by atoms with E-state index in [0.717, 1.165) is 22.8 Å². The number of hydrogen-bond donors (Lipinski definition) is 0. The molecule has 0 saturated heterocycles. The summed E-state index contributed by atoms with van der Waals surface area (Å²) in [6.07, 6.45) is 0.764. The molecule has 19 heavy (non-hydrogen) atoms. The third-order valence-electron chi connectivity index (χ3n) is 3.04.